The lowest BCUT2D eigenvalue weighted by Gasteiger charge is -2.34. The van der Waals surface area contributed by atoms with E-state index >= 15 is 0 Å². The quantitative estimate of drug-likeness (QED) is 0.684. The maximum atomic E-state index is 13.3. The maximum Gasteiger partial charge on any atom is 0.264 e. The molecule has 0 saturated heterocycles. The highest BCUT2D eigenvalue weighted by Crippen LogP contribution is 2.36. The number of nitrogens with zero attached hydrogens (tertiary/aromatic N) is 1. The van der Waals surface area contributed by atoms with Gasteiger partial charge in [0.1, 0.15) is 5.75 Å². The fourth-order valence-corrected chi connectivity index (χ4v) is 5.34. The van der Waals surface area contributed by atoms with Crippen LogP contribution in [0.2, 0.25) is 0 Å². The Kier molecular flexibility index (Phi) is 6.67. The summed E-state index contributed by atoms with van der Waals surface area (Å²) in [7, 11) is -3.83. The highest BCUT2D eigenvalue weighted by Gasteiger charge is 2.37. The first kappa shape index (κ1) is 22.5. The number of benzene rings is 2. The van der Waals surface area contributed by atoms with Gasteiger partial charge in [-0.15, -0.1) is 0 Å². The third kappa shape index (κ3) is 5.29. The molecule has 1 N–H and O–H groups in total. The summed E-state index contributed by atoms with van der Waals surface area (Å²) in [6, 6.07) is 13.6. The second-order valence-corrected chi connectivity index (χ2v) is 12.0. The summed E-state index contributed by atoms with van der Waals surface area (Å²) in [5, 5.41) is 2.87. The third-order valence-corrected chi connectivity index (χ3v) is 7.64. The minimum absolute atomic E-state index is 0.0779. The molecule has 0 saturated carbocycles. The van der Waals surface area contributed by atoms with Crippen LogP contribution in [0.3, 0.4) is 0 Å². The summed E-state index contributed by atoms with van der Waals surface area (Å²) in [5.74, 6) is 0.830. The van der Waals surface area contributed by atoms with Gasteiger partial charge in [-0.05, 0) is 31.2 Å². The molecule has 1 atom stereocenters. The van der Waals surface area contributed by atoms with Crippen molar-refractivity contribution in [2.45, 2.75) is 43.4 Å². The average Bonchev–Trinajstić information content (AvgIpc) is 2.69. The maximum absolute atomic E-state index is 13.3. The van der Waals surface area contributed by atoms with Gasteiger partial charge in [0, 0.05) is 17.0 Å². The third-order valence-electron chi connectivity index (χ3n) is 4.57. The molecule has 1 unspecified atom stereocenters. The summed E-state index contributed by atoms with van der Waals surface area (Å²) in [6.45, 7) is 8.68. The van der Waals surface area contributed by atoms with Gasteiger partial charge in [-0.1, -0.05) is 50.6 Å². The number of hydrogen-bond donors (Lipinski definition) is 1. The van der Waals surface area contributed by atoms with E-state index in [4.69, 9.17) is 4.74 Å². The molecule has 0 aromatic heterocycles. The molecule has 0 bridgehead atoms. The summed E-state index contributed by atoms with van der Waals surface area (Å²) < 4.78 is 33.9. The number of nitrogens with one attached hydrogen (secondary N) is 1. The van der Waals surface area contributed by atoms with Crippen molar-refractivity contribution in [1.29, 1.82) is 0 Å². The minimum Gasteiger partial charge on any atom is -0.476 e. The fraction of sp³-hybridized carbons (Fsp3) is 0.409. The van der Waals surface area contributed by atoms with Gasteiger partial charge in [-0.2, -0.15) is 11.8 Å². The van der Waals surface area contributed by atoms with Crippen molar-refractivity contribution in [1.82, 2.24) is 5.32 Å². The number of carbonyl (C=O) groups excluding carboxylic acids is 1. The number of sulfonamides is 1. The van der Waals surface area contributed by atoms with Gasteiger partial charge in [-0.25, -0.2) is 8.42 Å². The van der Waals surface area contributed by atoms with Gasteiger partial charge < -0.3 is 10.1 Å². The van der Waals surface area contributed by atoms with Gasteiger partial charge in [0.15, 0.2) is 6.10 Å². The van der Waals surface area contributed by atoms with Crippen molar-refractivity contribution >= 4 is 33.4 Å². The Balaban J connectivity index is 1.80. The molecule has 6 nitrogen and oxygen atoms in total. The molecule has 0 fully saturated rings. The largest absolute Gasteiger partial charge is 0.476 e. The topological polar surface area (TPSA) is 75.7 Å². The highest BCUT2D eigenvalue weighted by atomic mass is 32.2. The van der Waals surface area contributed by atoms with E-state index in [1.165, 1.54) is 4.31 Å². The van der Waals surface area contributed by atoms with Crippen LogP contribution in [0.1, 0.15) is 26.3 Å². The Morgan fingerprint density at radius 2 is 1.83 bits per heavy atom. The summed E-state index contributed by atoms with van der Waals surface area (Å²) in [5.41, 5.74) is 1.41. The zero-order valence-electron chi connectivity index (χ0n) is 17.7. The summed E-state index contributed by atoms with van der Waals surface area (Å²) >= 11 is 1.75. The number of rotatable bonds is 6. The number of thioether (sulfide) groups is 1. The van der Waals surface area contributed by atoms with Crippen LogP contribution in [-0.4, -0.2) is 44.0 Å². The van der Waals surface area contributed by atoms with Crippen molar-refractivity contribution in [2.75, 3.05) is 23.1 Å². The Morgan fingerprint density at radius 3 is 2.50 bits per heavy atom. The molecular weight excluding hydrogens is 420 g/mol. The Bertz CT molecular complexity index is 999. The van der Waals surface area contributed by atoms with E-state index in [1.54, 1.807) is 60.3 Å². The van der Waals surface area contributed by atoms with Gasteiger partial charge >= 0.3 is 0 Å². The number of anilines is 1. The van der Waals surface area contributed by atoms with Crippen LogP contribution in [0.4, 0.5) is 5.69 Å². The number of para-hydroxylation sites is 2. The van der Waals surface area contributed by atoms with Crippen LogP contribution in [-0.2, 0) is 14.8 Å². The zero-order valence-corrected chi connectivity index (χ0v) is 19.3. The molecule has 1 amide bonds. The van der Waals surface area contributed by atoms with Crippen LogP contribution >= 0.6 is 11.8 Å². The number of fused-ring (bicyclic) bond motifs is 1. The average molecular weight is 449 g/mol. The molecule has 0 radical (unpaired) electrons. The van der Waals surface area contributed by atoms with Crippen molar-refractivity contribution in [3.8, 4) is 5.75 Å². The SMILES string of the molecule is Cc1ccc(S(=O)(=O)N2CC(C(=O)NCCSC(C)(C)C)Oc3ccccc32)cc1. The van der Waals surface area contributed by atoms with Crippen LogP contribution in [0, 0.1) is 6.92 Å². The van der Waals surface area contributed by atoms with E-state index < -0.39 is 16.1 Å². The van der Waals surface area contributed by atoms with Crippen molar-refractivity contribution in [2.24, 2.45) is 0 Å². The normalized spacial score (nSPS) is 16.5. The molecular formula is C22H28N2O4S2. The zero-order chi connectivity index (χ0) is 21.9. The predicted molar refractivity (Wildman–Crippen MR) is 122 cm³/mol. The number of aryl methyl sites for hydroxylation is 1. The van der Waals surface area contributed by atoms with Crippen LogP contribution in [0.15, 0.2) is 53.4 Å². The number of amides is 1. The molecule has 1 aliphatic heterocycles. The Morgan fingerprint density at radius 1 is 1.17 bits per heavy atom. The fourth-order valence-electron chi connectivity index (χ4n) is 3.05. The summed E-state index contributed by atoms with van der Waals surface area (Å²) in [4.78, 5) is 12.9. The van der Waals surface area contributed by atoms with E-state index in [0.29, 0.717) is 18.0 Å². The number of ether oxygens (including phenoxy) is 1. The smallest absolute Gasteiger partial charge is 0.264 e. The van der Waals surface area contributed by atoms with Gasteiger partial charge in [0.25, 0.3) is 15.9 Å². The first-order chi connectivity index (χ1) is 14.1. The Hall–Kier alpha value is -2.19. The van der Waals surface area contributed by atoms with E-state index in [9.17, 15) is 13.2 Å². The lowest BCUT2D eigenvalue weighted by Crippen LogP contribution is -2.51. The first-order valence-corrected chi connectivity index (χ1v) is 12.3. The van der Waals surface area contributed by atoms with Gasteiger partial charge in [0.05, 0.1) is 17.1 Å². The Labute approximate surface area is 183 Å². The minimum atomic E-state index is -3.83. The second kappa shape index (κ2) is 8.89. The number of hydrogen-bond acceptors (Lipinski definition) is 5. The van der Waals surface area contributed by atoms with Gasteiger partial charge in [-0.3, -0.25) is 9.10 Å². The van der Waals surface area contributed by atoms with Crippen molar-refractivity contribution < 1.29 is 17.9 Å². The molecule has 162 valence electrons. The van der Waals surface area contributed by atoms with E-state index in [2.05, 4.69) is 26.1 Å². The molecule has 0 aliphatic carbocycles. The second-order valence-electron chi connectivity index (χ2n) is 8.18. The first-order valence-electron chi connectivity index (χ1n) is 9.85. The van der Waals surface area contributed by atoms with E-state index in [1.807, 2.05) is 6.92 Å². The summed E-state index contributed by atoms with van der Waals surface area (Å²) in [6.07, 6.45) is -0.917. The highest BCUT2D eigenvalue weighted by molar-refractivity contribution is 8.00. The van der Waals surface area contributed by atoms with E-state index in [-0.39, 0.29) is 22.1 Å². The van der Waals surface area contributed by atoms with Crippen LogP contribution < -0.4 is 14.4 Å². The standard InChI is InChI=1S/C22H28N2O4S2/c1-16-9-11-17(12-10-16)30(26,27)24-15-20(28-19-8-6-5-7-18(19)24)21(25)23-13-14-29-22(2,3)4/h5-12,20H,13-15H2,1-4H3,(H,23,25). The predicted octanol–water partition coefficient (Wildman–Crippen LogP) is 3.60. The molecule has 30 heavy (non-hydrogen) atoms. The molecule has 3 rings (SSSR count). The molecule has 1 heterocycles. The molecule has 0 spiro atoms. The molecule has 8 heteroatoms. The molecule has 1 aliphatic rings. The lowest BCUT2D eigenvalue weighted by molar-refractivity contribution is -0.127. The monoisotopic (exact) mass is 448 g/mol. The van der Waals surface area contributed by atoms with Crippen LogP contribution in [0.5, 0.6) is 5.75 Å². The van der Waals surface area contributed by atoms with E-state index in [0.717, 1.165) is 11.3 Å². The molecule has 2 aromatic rings. The molecule has 2 aromatic carbocycles. The lowest BCUT2D eigenvalue weighted by atomic mass is 10.2. The van der Waals surface area contributed by atoms with Crippen molar-refractivity contribution in [3.63, 3.8) is 0 Å². The van der Waals surface area contributed by atoms with Crippen LogP contribution in [0.25, 0.3) is 0 Å². The van der Waals surface area contributed by atoms with Crippen molar-refractivity contribution in [3.05, 3.63) is 54.1 Å². The van der Waals surface area contributed by atoms with Gasteiger partial charge in [0.2, 0.25) is 0 Å². The number of carbonyl (C=O) groups is 1.